The Morgan fingerprint density at radius 1 is 1.00 bits per heavy atom. The number of hydrogen-bond acceptors (Lipinski definition) is 4. The molecule has 26 heavy (non-hydrogen) atoms. The zero-order chi connectivity index (χ0) is 18.8. The molecule has 0 aliphatic heterocycles. The number of benzene rings is 2. The third-order valence-corrected chi connectivity index (χ3v) is 3.67. The number of nitrogens with one attached hydrogen (secondary N) is 2. The normalized spacial score (nSPS) is 10.1. The molecule has 0 radical (unpaired) electrons. The first-order valence-electron chi connectivity index (χ1n) is 8.57. The molecule has 6 heteroatoms. The predicted octanol–water partition coefficient (Wildman–Crippen LogP) is 3.13. The lowest BCUT2D eigenvalue weighted by Gasteiger charge is -2.09. The first-order valence-corrected chi connectivity index (χ1v) is 8.57. The van der Waals surface area contributed by atoms with Gasteiger partial charge in [0.15, 0.2) is 0 Å². The van der Waals surface area contributed by atoms with Gasteiger partial charge in [0.05, 0.1) is 13.7 Å². The van der Waals surface area contributed by atoms with Crippen LogP contribution in [0.1, 0.15) is 25.3 Å². The van der Waals surface area contributed by atoms with Crippen molar-refractivity contribution in [3.05, 3.63) is 54.1 Å². The van der Waals surface area contributed by atoms with Gasteiger partial charge in [-0.3, -0.25) is 9.59 Å². The van der Waals surface area contributed by atoms with Crippen LogP contribution in [0.5, 0.6) is 11.5 Å². The summed E-state index contributed by atoms with van der Waals surface area (Å²) < 4.78 is 10.7. The van der Waals surface area contributed by atoms with Gasteiger partial charge < -0.3 is 20.1 Å². The van der Waals surface area contributed by atoms with E-state index in [1.54, 1.807) is 37.4 Å². The number of unbranched alkanes of at least 4 members (excludes halogenated alkanes) is 1. The quantitative estimate of drug-likeness (QED) is 0.563. The third-order valence-electron chi connectivity index (χ3n) is 3.67. The van der Waals surface area contributed by atoms with E-state index >= 15 is 0 Å². The molecule has 0 aliphatic carbocycles. The number of methoxy groups -OCH3 is 1. The van der Waals surface area contributed by atoms with Crippen molar-refractivity contribution in [3.8, 4) is 11.5 Å². The average molecular weight is 356 g/mol. The summed E-state index contributed by atoms with van der Waals surface area (Å²) in [5.41, 5.74) is 1.38. The molecule has 6 nitrogen and oxygen atoms in total. The molecule has 2 aromatic carbocycles. The van der Waals surface area contributed by atoms with E-state index < -0.39 is 11.8 Å². The van der Waals surface area contributed by atoms with Crippen LogP contribution in [0, 0.1) is 0 Å². The van der Waals surface area contributed by atoms with Gasteiger partial charge in [-0.05, 0) is 48.4 Å². The second-order valence-electron chi connectivity index (χ2n) is 5.71. The predicted molar refractivity (Wildman–Crippen MR) is 100 cm³/mol. The standard InChI is InChI=1S/C20H24N2O4/c1-3-4-12-26-17-10-8-16(9-11-17)22-20(24)19(23)21-14-15-6-5-7-18(13-15)25-2/h5-11,13H,3-4,12,14H2,1-2H3,(H,21,23)(H,22,24). The number of hydrogen-bond donors (Lipinski definition) is 2. The minimum absolute atomic E-state index is 0.244. The zero-order valence-electron chi connectivity index (χ0n) is 15.1. The van der Waals surface area contributed by atoms with Crippen LogP contribution >= 0.6 is 0 Å². The van der Waals surface area contributed by atoms with Crippen LogP contribution < -0.4 is 20.1 Å². The van der Waals surface area contributed by atoms with Gasteiger partial charge in [-0.1, -0.05) is 25.5 Å². The highest BCUT2D eigenvalue weighted by molar-refractivity contribution is 6.39. The Labute approximate surface area is 153 Å². The lowest BCUT2D eigenvalue weighted by molar-refractivity contribution is -0.136. The molecule has 0 atom stereocenters. The smallest absolute Gasteiger partial charge is 0.313 e. The molecule has 0 aromatic heterocycles. The van der Waals surface area contributed by atoms with E-state index in [0.717, 1.165) is 24.2 Å². The molecule has 0 saturated heterocycles. The Kier molecular flexibility index (Phi) is 7.49. The molecular formula is C20H24N2O4. The van der Waals surface area contributed by atoms with E-state index in [1.807, 2.05) is 18.2 Å². The van der Waals surface area contributed by atoms with Gasteiger partial charge in [-0.15, -0.1) is 0 Å². The van der Waals surface area contributed by atoms with Crippen LogP contribution in [0.4, 0.5) is 5.69 Å². The lowest BCUT2D eigenvalue weighted by atomic mass is 10.2. The molecule has 0 bridgehead atoms. The largest absolute Gasteiger partial charge is 0.497 e. The maximum absolute atomic E-state index is 12.0. The van der Waals surface area contributed by atoms with E-state index in [0.29, 0.717) is 18.0 Å². The summed E-state index contributed by atoms with van der Waals surface area (Å²) in [6.45, 7) is 3.00. The molecule has 2 rings (SSSR count). The van der Waals surface area contributed by atoms with Crippen molar-refractivity contribution >= 4 is 17.5 Å². The van der Waals surface area contributed by atoms with Gasteiger partial charge in [-0.25, -0.2) is 0 Å². The molecule has 2 amide bonds. The topological polar surface area (TPSA) is 76.7 Å². The van der Waals surface area contributed by atoms with E-state index in [9.17, 15) is 9.59 Å². The van der Waals surface area contributed by atoms with Crippen molar-refractivity contribution in [3.63, 3.8) is 0 Å². The van der Waals surface area contributed by atoms with Crippen molar-refractivity contribution in [1.29, 1.82) is 0 Å². The van der Waals surface area contributed by atoms with Gasteiger partial charge in [0.1, 0.15) is 11.5 Å². The molecular weight excluding hydrogens is 332 g/mol. The molecule has 0 saturated carbocycles. The van der Waals surface area contributed by atoms with Crippen LogP contribution in [-0.2, 0) is 16.1 Å². The fourth-order valence-corrected chi connectivity index (χ4v) is 2.20. The van der Waals surface area contributed by atoms with Crippen molar-refractivity contribution in [2.45, 2.75) is 26.3 Å². The summed E-state index contributed by atoms with van der Waals surface area (Å²) in [7, 11) is 1.57. The second kappa shape index (κ2) is 10.1. The van der Waals surface area contributed by atoms with Gasteiger partial charge >= 0.3 is 11.8 Å². The van der Waals surface area contributed by atoms with Crippen LogP contribution in [0.25, 0.3) is 0 Å². The van der Waals surface area contributed by atoms with Crippen LogP contribution in [0.3, 0.4) is 0 Å². The van der Waals surface area contributed by atoms with Crippen molar-refractivity contribution < 1.29 is 19.1 Å². The first kappa shape index (κ1) is 19.3. The minimum Gasteiger partial charge on any atom is -0.497 e. The molecule has 138 valence electrons. The Morgan fingerprint density at radius 3 is 2.46 bits per heavy atom. The third kappa shape index (κ3) is 6.12. The lowest BCUT2D eigenvalue weighted by Crippen LogP contribution is -2.34. The molecule has 0 aliphatic rings. The number of amides is 2. The Morgan fingerprint density at radius 2 is 1.77 bits per heavy atom. The maximum atomic E-state index is 12.0. The summed E-state index contributed by atoms with van der Waals surface area (Å²) in [5, 5.41) is 5.15. The highest BCUT2D eigenvalue weighted by atomic mass is 16.5. The van der Waals surface area contributed by atoms with E-state index in [4.69, 9.17) is 9.47 Å². The number of anilines is 1. The maximum Gasteiger partial charge on any atom is 0.313 e. The SMILES string of the molecule is CCCCOc1ccc(NC(=O)C(=O)NCc2cccc(OC)c2)cc1. The molecule has 0 unspecified atom stereocenters. The van der Waals surface area contributed by atoms with Gasteiger partial charge in [0.25, 0.3) is 0 Å². The van der Waals surface area contributed by atoms with Crippen molar-refractivity contribution in [2.24, 2.45) is 0 Å². The summed E-state index contributed by atoms with van der Waals surface area (Å²) >= 11 is 0. The number of carbonyl (C=O) groups is 2. The molecule has 0 heterocycles. The van der Waals surface area contributed by atoms with Crippen LogP contribution in [0.15, 0.2) is 48.5 Å². The van der Waals surface area contributed by atoms with E-state index in [-0.39, 0.29) is 6.54 Å². The van der Waals surface area contributed by atoms with Crippen LogP contribution in [0.2, 0.25) is 0 Å². The monoisotopic (exact) mass is 356 g/mol. The first-order chi connectivity index (χ1) is 12.6. The number of carbonyl (C=O) groups excluding carboxylic acids is 2. The Balaban J connectivity index is 1.81. The number of ether oxygens (including phenoxy) is 2. The van der Waals surface area contributed by atoms with Crippen LogP contribution in [-0.4, -0.2) is 25.5 Å². The fraction of sp³-hybridized carbons (Fsp3) is 0.300. The van der Waals surface area contributed by atoms with Gasteiger partial charge in [0.2, 0.25) is 0 Å². The molecule has 0 spiro atoms. The summed E-state index contributed by atoms with van der Waals surface area (Å²) in [5.74, 6) is 0.0185. The minimum atomic E-state index is -0.715. The summed E-state index contributed by atoms with van der Waals surface area (Å²) in [6.07, 6.45) is 2.06. The highest BCUT2D eigenvalue weighted by Crippen LogP contribution is 2.16. The molecule has 2 N–H and O–H groups in total. The zero-order valence-corrected chi connectivity index (χ0v) is 15.1. The summed E-state index contributed by atoms with van der Waals surface area (Å²) in [6, 6.07) is 14.2. The average Bonchev–Trinajstić information content (AvgIpc) is 2.67. The Bertz CT molecular complexity index is 729. The fourth-order valence-electron chi connectivity index (χ4n) is 2.20. The Hall–Kier alpha value is -3.02. The van der Waals surface area contributed by atoms with Crippen molar-refractivity contribution in [2.75, 3.05) is 19.0 Å². The van der Waals surface area contributed by atoms with E-state index in [1.165, 1.54) is 0 Å². The van der Waals surface area contributed by atoms with Gasteiger partial charge in [0, 0.05) is 12.2 Å². The second-order valence-corrected chi connectivity index (χ2v) is 5.71. The van der Waals surface area contributed by atoms with E-state index in [2.05, 4.69) is 17.6 Å². The van der Waals surface area contributed by atoms with Gasteiger partial charge in [-0.2, -0.15) is 0 Å². The van der Waals surface area contributed by atoms with Crippen molar-refractivity contribution in [1.82, 2.24) is 5.32 Å². The highest BCUT2D eigenvalue weighted by Gasteiger charge is 2.13. The molecule has 2 aromatic rings. The summed E-state index contributed by atoms with van der Waals surface area (Å²) in [4.78, 5) is 23.9. The number of rotatable bonds is 8. The molecule has 0 fully saturated rings.